The molecule has 0 atom stereocenters. The van der Waals surface area contributed by atoms with E-state index in [1.165, 1.54) is 0 Å². The average Bonchev–Trinajstić information content (AvgIpc) is 3.42. The van der Waals surface area contributed by atoms with E-state index in [-0.39, 0.29) is 11.8 Å². The van der Waals surface area contributed by atoms with E-state index in [1.807, 2.05) is 23.1 Å². The minimum Gasteiger partial charge on any atom is -0.352 e. The summed E-state index contributed by atoms with van der Waals surface area (Å²) < 4.78 is 3.23. The molecule has 156 valence electrons. The third-order valence-electron chi connectivity index (χ3n) is 5.35. The zero-order chi connectivity index (χ0) is 21.1. The first kappa shape index (κ1) is 20.2. The second-order valence-electron chi connectivity index (χ2n) is 7.47. The molecular weight excluding hydrogens is 404 g/mol. The van der Waals surface area contributed by atoms with Gasteiger partial charge in [-0.3, -0.25) is 14.3 Å². The predicted molar refractivity (Wildman–Crippen MR) is 113 cm³/mol. The van der Waals surface area contributed by atoms with Crippen LogP contribution in [0.2, 0.25) is 5.02 Å². The van der Waals surface area contributed by atoms with E-state index < -0.39 is 0 Å². The number of carbonyl (C=O) groups excluding carboxylic acids is 2. The van der Waals surface area contributed by atoms with Crippen LogP contribution in [0.1, 0.15) is 33.6 Å². The van der Waals surface area contributed by atoms with E-state index in [0.717, 1.165) is 18.5 Å². The Bertz CT molecular complexity index is 1050. The van der Waals surface area contributed by atoms with Gasteiger partial charge in [-0.25, -0.2) is 4.68 Å². The second-order valence-corrected chi connectivity index (χ2v) is 7.88. The molecule has 0 aliphatic carbocycles. The van der Waals surface area contributed by atoms with Crippen molar-refractivity contribution in [3.8, 4) is 5.69 Å². The summed E-state index contributed by atoms with van der Waals surface area (Å²) in [6.07, 6.45) is 8.23. The van der Waals surface area contributed by atoms with Crippen molar-refractivity contribution in [2.45, 2.75) is 12.8 Å². The molecule has 4 rings (SSSR count). The fourth-order valence-electron chi connectivity index (χ4n) is 3.60. The number of hydrogen-bond donors (Lipinski definition) is 1. The number of hydrogen-bond acceptors (Lipinski definition) is 4. The van der Waals surface area contributed by atoms with Crippen LogP contribution in [0.3, 0.4) is 0 Å². The van der Waals surface area contributed by atoms with Crippen molar-refractivity contribution in [3.05, 3.63) is 65.2 Å². The highest BCUT2D eigenvalue weighted by molar-refractivity contribution is 6.32. The number of piperidine rings is 1. The molecule has 1 N–H and O–H groups in total. The summed E-state index contributed by atoms with van der Waals surface area (Å²) in [6.45, 7) is 1.91. The Labute approximate surface area is 179 Å². The van der Waals surface area contributed by atoms with E-state index in [9.17, 15) is 9.59 Å². The van der Waals surface area contributed by atoms with Crippen LogP contribution >= 0.6 is 11.6 Å². The minimum atomic E-state index is -0.117. The van der Waals surface area contributed by atoms with Gasteiger partial charge in [-0.05, 0) is 30.9 Å². The van der Waals surface area contributed by atoms with Gasteiger partial charge in [0.25, 0.3) is 11.8 Å². The number of carbonyl (C=O) groups is 2. The molecule has 0 radical (unpaired) electrons. The van der Waals surface area contributed by atoms with Crippen LogP contribution in [0.15, 0.2) is 49.1 Å². The minimum absolute atomic E-state index is 0.0360. The van der Waals surface area contributed by atoms with Crippen LogP contribution in [0.5, 0.6) is 0 Å². The number of aromatic nitrogens is 4. The van der Waals surface area contributed by atoms with Gasteiger partial charge in [0.05, 0.1) is 34.2 Å². The van der Waals surface area contributed by atoms with Gasteiger partial charge in [-0.2, -0.15) is 10.2 Å². The van der Waals surface area contributed by atoms with Gasteiger partial charge in [0, 0.05) is 39.1 Å². The van der Waals surface area contributed by atoms with Crippen molar-refractivity contribution >= 4 is 23.4 Å². The van der Waals surface area contributed by atoms with Crippen molar-refractivity contribution in [2.75, 3.05) is 19.6 Å². The van der Waals surface area contributed by atoms with Crippen LogP contribution in [0.4, 0.5) is 0 Å². The number of likely N-dealkylation sites (tertiary alicyclic amines) is 1. The molecule has 2 amide bonds. The fourth-order valence-corrected chi connectivity index (χ4v) is 3.83. The highest BCUT2D eigenvalue weighted by Gasteiger charge is 2.25. The summed E-state index contributed by atoms with van der Waals surface area (Å²) in [4.78, 5) is 26.8. The van der Waals surface area contributed by atoms with Crippen LogP contribution in [-0.4, -0.2) is 55.9 Å². The first-order valence-electron chi connectivity index (χ1n) is 9.87. The van der Waals surface area contributed by atoms with Crippen LogP contribution < -0.4 is 5.32 Å². The zero-order valence-electron chi connectivity index (χ0n) is 16.7. The van der Waals surface area contributed by atoms with Gasteiger partial charge < -0.3 is 10.2 Å². The maximum Gasteiger partial charge on any atom is 0.257 e. The first-order chi connectivity index (χ1) is 14.5. The fraction of sp³-hybridized carbons (Fsp3) is 0.333. The van der Waals surface area contributed by atoms with Crippen molar-refractivity contribution in [1.82, 2.24) is 29.8 Å². The molecule has 3 heterocycles. The van der Waals surface area contributed by atoms with Crippen LogP contribution in [0, 0.1) is 5.92 Å². The molecular formula is C21H23ClN6O2. The molecule has 0 unspecified atom stereocenters. The zero-order valence-corrected chi connectivity index (χ0v) is 17.4. The second kappa shape index (κ2) is 8.71. The molecule has 8 nitrogen and oxygen atoms in total. The van der Waals surface area contributed by atoms with Gasteiger partial charge in [0.15, 0.2) is 0 Å². The number of benzene rings is 1. The predicted octanol–water partition coefficient (Wildman–Crippen LogP) is 2.54. The maximum absolute atomic E-state index is 12.9. The summed E-state index contributed by atoms with van der Waals surface area (Å²) in [5.41, 5.74) is 1.83. The number of nitrogens with zero attached hydrogens (tertiary/aromatic N) is 5. The monoisotopic (exact) mass is 426 g/mol. The number of para-hydroxylation sites is 1. The summed E-state index contributed by atoms with van der Waals surface area (Å²) >= 11 is 6.21. The van der Waals surface area contributed by atoms with Gasteiger partial charge in [0.1, 0.15) is 0 Å². The summed E-state index contributed by atoms with van der Waals surface area (Å²) in [5.74, 6) is 0.195. The number of rotatable bonds is 5. The highest BCUT2D eigenvalue weighted by atomic mass is 35.5. The highest BCUT2D eigenvalue weighted by Crippen LogP contribution is 2.21. The van der Waals surface area contributed by atoms with Crippen LogP contribution in [0.25, 0.3) is 5.69 Å². The van der Waals surface area contributed by atoms with E-state index in [1.54, 1.807) is 47.3 Å². The molecule has 0 saturated carbocycles. The molecule has 0 bridgehead atoms. The van der Waals surface area contributed by atoms with Gasteiger partial charge in [-0.1, -0.05) is 23.7 Å². The Hall–Kier alpha value is -3.13. The Morgan fingerprint density at radius 2 is 1.83 bits per heavy atom. The summed E-state index contributed by atoms with van der Waals surface area (Å²) in [5, 5.41) is 11.8. The molecule has 1 fully saturated rings. The van der Waals surface area contributed by atoms with E-state index in [4.69, 9.17) is 11.6 Å². The van der Waals surface area contributed by atoms with Gasteiger partial charge in [0.2, 0.25) is 0 Å². The Morgan fingerprint density at radius 1 is 1.10 bits per heavy atom. The molecule has 2 aromatic heterocycles. The number of nitrogens with one attached hydrogen (secondary N) is 1. The molecule has 1 aliphatic rings. The largest absolute Gasteiger partial charge is 0.352 e. The van der Waals surface area contributed by atoms with Gasteiger partial charge >= 0.3 is 0 Å². The third kappa shape index (κ3) is 4.38. The molecule has 9 heteroatoms. The topological polar surface area (TPSA) is 85.0 Å². The smallest absolute Gasteiger partial charge is 0.257 e. The maximum atomic E-state index is 12.9. The standard InChI is InChI=1S/C21H23ClN6O2/c1-26-13-16(11-24-26)20(29)23-10-15-6-8-27(9-7-15)21(30)17-12-25-28(14-17)19-5-3-2-4-18(19)22/h2-5,11-15H,6-10H2,1H3,(H,23,29). The quantitative estimate of drug-likeness (QED) is 0.679. The SMILES string of the molecule is Cn1cc(C(=O)NCC2CCN(C(=O)c3cnn(-c4ccccc4Cl)c3)CC2)cn1. The Morgan fingerprint density at radius 3 is 2.53 bits per heavy atom. The molecule has 3 aromatic rings. The molecule has 0 spiro atoms. The van der Waals surface area contributed by atoms with Crippen LogP contribution in [-0.2, 0) is 7.05 Å². The lowest BCUT2D eigenvalue weighted by Gasteiger charge is -2.31. The van der Waals surface area contributed by atoms with E-state index in [0.29, 0.717) is 41.7 Å². The first-order valence-corrected chi connectivity index (χ1v) is 10.2. The molecule has 1 saturated heterocycles. The molecule has 30 heavy (non-hydrogen) atoms. The normalized spacial score (nSPS) is 14.7. The Balaban J connectivity index is 1.29. The third-order valence-corrected chi connectivity index (χ3v) is 5.67. The molecule has 1 aliphatic heterocycles. The average molecular weight is 427 g/mol. The summed E-state index contributed by atoms with van der Waals surface area (Å²) in [6, 6.07) is 7.37. The number of halogens is 1. The number of aryl methyl sites for hydroxylation is 1. The lowest BCUT2D eigenvalue weighted by Crippen LogP contribution is -2.41. The van der Waals surface area contributed by atoms with Crippen molar-refractivity contribution in [2.24, 2.45) is 13.0 Å². The van der Waals surface area contributed by atoms with Crippen molar-refractivity contribution < 1.29 is 9.59 Å². The Kier molecular flexibility index (Phi) is 5.85. The summed E-state index contributed by atoms with van der Waals surface area (Å²) in [7, 11) is 1.78. The van der Waals surface area contributed by atoms with E-state index in [2.05, 4.69) is 15.5 Å². The lowest BCUT2D eigenvalue weighted by atomic mass is 9.96. The van der Waals surface area contributed by atoms with E-state index >= 15 is 0 Å². The van der Waals surface area contributed by atoms with Gasteiger partial charge in [-0.15, -0.1) is 0 Å². The van der Waals surface area contributed by atoms with Crippen molar-refractivity contribution in [3.63, 3.8) is 0 Å². The lowest BCUT2D eigenvalue weighted by molar-refractivity contribution is 0.0684. The number of amides is 2. The molecule has 1 aromatic carbocycles. The van der Waals surface area contributed by atoms with Crippen molar-refractivity contribution in [1.29, 1.82) is 0 Å².